The molecule has 0 spiro atoms. The van der Waals surface area contributed by atoms with Gasteiger partial charge in [0.2, 0.25) is 6.39 Å². The second kappa shape index (κ2) is 10.4. The van der Waals surface area contributed by atoms with Crippen LogP contribution in [-0.4, -0.2) is 38.7 Å². The maximum Gasteiger partial charge on any atom is 0.407 e. The third kappa shape index (κ3) is 5.90. The second-order valence-corrected chi connectivity index (χ2v) is 11.5. The zero-order valence-electron chi connectivity index (χ0n) is 19.3. The van der Waals surface area contributed by atoms with Gasteiger partial charge in [0.1, 0.15) is 0 Å². The van der Waals surface area contributed by atoms with E-state index >= 15 is 0 Å². The van der Waals surface area contributed by atoms with E-state index in [1.165, 1.54) is 39.6 Å². The Kier molecular flexibility index (Phi) is 7.05. The number of nitrogens with zero attached hydrogens (tertiary/aromatic N) is 3. The van der Waals surface area contributed by atoms with Gasteiger partial charge in [-0.1, -0.05) is 11.2 Å². The normalized spacial score (nSPS) is 20.3. The minimum atomic E-state index is -0.312. The number of hydrogen-bond donors (Lipinski definition) is 2. The molecule has 5 rings (SSSR count). The van der Waals surface area contributed by atoms with E-state index < -0.39 is 0 Å². The lowest BCUT2D eigenvalue weighted by Crippen LogP contribution is -2.38. The Labute approximate surface area is 207 Å². The molecule has 2 fully saturated rings. The quantitative estimate of drug-likeness (QED) is 0.369. The summed E-state index contributed by atoms with van der Waals surface area (Å²) in [5.41, 5.74) is 2.16. The Balaban J connectivity index is 1.25. The van der Waals surface area contributed by atoms with Crippen molar-refractivity contribution < 1.29 is 13.9 Å². The summed E-state index contributed by atoms with van der Waals surface area (Å²) in [6.45, 7) is 3.73. The number of amides is 1. The first-order valence-corrected chi connectivity index (χ1v) is 13.5. The highest BCUT2D eigenvalue weighted by Crippen LogP contribution is 2.46. The van der Waals surface area contributed by atoms with E-state index in [9.17, 15) is 4.79 Å². The number of carbonyl (C=O) groups excluding carboxylic acids is 1. The van der Waals surface area contributed by atoms with Crippen molar-refractivity contribution in [1.82, 2.24) is 20.5 Å². The second-order valence-electron chi connectivity index (χ2n) is 9.11. The number of carbonyl (C=O) groups is 1. The molecular formula is C24H29N5O3S2. The predicted octanol–water partition coefficient (Wildman–Crippen LogP) is 6.35. The van der Waals surface area contributed by atoms with Crippen LogP contribution in [0.1, 0.15) is 63.3 Å². The first kappa shape index (κ1) is 23.2. The molecule has 1 aromatic carbocycles. The fraction of sp³-hybridized carbons (Fsp3) is 0.500. The zero-order valence-corrected chi connectivity index (χ0v) is 21.0. The van der Waals surface area contributed by atoms with Crippen LogP contribution in [0.3, 0.4) is 0 Å². The molecule has 10 heteroatoms. The molecule has 0 saturated heterocycles. The third-order valence-electron chi connectivity index (χ3n) is 5.94. The molecule has 2 aliphatic rings. The summed E-state index contributed by atoms with van der Waals surface area (Å²) in [4.78, 5) is 19.2. The van der Waals surface area contributed by atoms with E-state index in [4.69, 9.17) is 14.1 Å². The van der Waals surface area contributed by atoms with E-state index in [1.807, 2.05) is 37.9 Å². The Morgan fingerprint density at radius 2 is 2.03 bits per heavy atom. The summed E-state index contributed by atoms with van der Waals surface area (Å²) in [6, 6.07) is 6.93. The maximum absolute atomic E-state index is 11.9. The number of ether oxygens (including phenoxy) is 1. The number of hydrogen-bond acceptors (Lipinski definition) is 9. The van der Waals surface area contributed by atoms with Gasteiger partial charge in [-0.2, -0.15) is 0 Å². The molecular weight excluding hydrogens is 470 g/mol. The van der Waals surface area contributed by atoms with Crippen molar-refractivity contribution in [3.05, 3.63) is 35.8 Å². The summed E-state index contributed by atoms with van der Waals surface area (Å²) in [5, 5.41) is 15.7. The first-order valence-electron chi connectivity index (χ1n) is 11.8. The summed E-state index contributed by atoms with van der Waals surface area (Å²) >= 11 is 3.72. The van der Waals surface area contributed by atoms with Gasteiger partial charge in [0.25, 0.3) is 0 Å². The number of thioether (sulfide) groups is 1. The van der Waals surface area contributed by atoms with Gasteiger partial charge in [-0.05, 0) is 64.5 Å². The van der Waals surface area contributed by atoms with Gasteiger partial charge in [-0.15, -0.1) is 28.2 Å². The van der Waals surface area contributed by atoms with Gasteiger partial charge in [0.15, 0.2) is 0 Å². The highest BCUT2D eigenvalue weighted by atomic mass is 32.2. The van der Waals surface area contributed by atoms with Crippen LogP contribution in [0.4, 0.5) is 16.5 Å². The molecule has 0 aliphatic heterocycles. The molecule has 2 saturated carbocycles. The highest BCUT2D eigenvalue weighted by molar-refractivity contribution is 8.00. The molecule has 0 radical (unpaired) electrons. The lowest BCUT2D eigenvalue weighted by Gasteiger charge is -2.28. The average Bonchev–Trinajstić information content (AvgIpc) is 3.25. The van der Waals surface area contributed by atoms with Crippen LogP contribution in [0, 0.1) is 0 Å². The molecule has 2 aromatic heterocycles. The van der Waals surface area contributed by atoms with Gasteiger partial charge in [0.05, 0.1) is 16.0 Å². The summed E-state index contributed by atoms with van der Waals surface area (Å²) in [6.07, 6.45) is 9.40. The molecule has 34 heavy (non-hydrogen) atoms. The Hall–Kier alpha value is -2.59. The summed E-state index contributed by atoms with van der Waals surface area (Å²) in [7, 11) is 0. The molecule has 0 bridgehead atoms. The molecule has 2 aliphatic carbocycles. The van der Waals surface area contributed by atoms with Gasteiger partial charge in [-0.3, -0.25) is 0 Å². The average molecular weight is 500 g/mol. The third-order valence-corrected chi connectivity index (χ3v) is 8.53. The highest BCUT2D eigenvalue weighted by Gasteiger charge is 2.27. The fourth-order valence-electron chi connectivity index (χ4n) is 4.12. The van der Waals surface area contributed by atoms with E-state index in [0.717, 1.165) is 31.4 Å². The smallest absolute Gasteiger partial charge is 0.407 e. The SMILES string of the molecule is CC(C)OC(=O)NC1CCC(c2ncc(-c3ccc(Nc4nnco4)cc3SC3CC3)s2)CC1. The lowest BCUT2D eigenvalue weighted by molar-refractivity contribution is 0.109. The van der Waals surface area contributed by atoms with E-state index in [1.54, 1.807) is 11.3 Å². The molecule has 8 nitrogen and oxygen atoms in total. The Morgan fingerprint density at radius 3 is 2.74 bits per heavy atom. The molecule has 180 valence electrons. The van der Waals surface area contributed by atoms with Crippen molar-refractivity contribution in [3.63, 3.8) is 0 Å². The van der Waals surface area contributed by atoms with Gasteiger partial charge in [-0.25, -0.2) is 9.78 Å². The van der Waals surface area contributed by atoms with Crippen LogP contribution in [0.5, 0.6) is 0 Å². The van der Waals surface area contributed by atoms with Crippen molar-refractivity contribution in [2.24, 2.45) is 0 Å². The van der Waals surface area contributed by atoms with Crippen LogP contribution in [0.25, 0.3) is 10.4 Å². The molecule has 2 N–H and O–H groups in total. The Morgan fingerprint density at radius 1 is 1.21 bits per heavy atom. The number of benzene rings is 1. The van der Waals surface area contributed by atoms with E-state index in [0.29, 0.717) is 17.2 Å². The fourth-order valence-corrected chi connectivity index (χ4v) is 6.54. The molecule has 1 amide bonds. The number of rotatable bonds is 8. The standard InChI is InChI=1S/C24H29N5O3S2/c1-14(2)32-24(30)28-16-5-3-15(4-6-16)22-25-12-21(34-22)19-10-7-17(27-23-29-26-13-31-23)11-20(19)33-18-8-9-18/h7,10-16,18H,3-6,8-9H2,1-2H3,(H,27,29)(H,28,30). The number of thiazole rings is 1. The van der Waals surface area contributed by atoms with Crippen molar-refractivity contribution in [2.75, 3.05) is 5.32 Å². The van der Waals surface area contributed by atoms with Crippen LogP contribution >= 0.6 is 23.1 Å². The first-order chi connectivity index (χ1) is 16.5. The lowest BCUT2D eigenvalue weighted by atomic mass is 9.86. The molecule has 0 unspecified atom stereocenters. The van der Waals surface area contributed by atoms with Crippen LogP contribution in [-0.2, 0) is 4.74 Å². The minimum Gasteiger partial charge on any atom is -0.447 e. The molecule has 0 atom stereocenters. The monoisotopic (exact) mass is 499 g/mol. The van der Waals surface area contributed by atoms with Gasteiger partial charge >= 0.3 is 12.1 Å². The largest absolute Gasteiger partial charge is 0.447 e. The number of aromatic nitrogens is 3. The maximum atomic E-state index is 11.9. The molecule has 2 heterocycles. The van der Waals surface area contributed by atoms with Crippen LogP contribution < -0.4 is 10.6 Å². The van der Waals surface area contributed by atoms with Crippen molar-refractivity contribution >= 4 is 40.9 Å². The van der Waals surface area contributed by atoms with Crippen LogP contribution in [0.15, 0.2) is 40.1 Å². The number of alkyl carbamates (subject to hydrolysis) is 1. The van der Waals surface area contributed by atoms with Crippen molar-refractivity contribution in [1.29, 1.82) is 0 Å². The summed E-state index contributed by atoms with van der Waals surface area (Å²) in [5.74, 6) is 0.441. The van der Waals surface area contributed by atoms with Crippen molar-refractivity contribution in [3.8, 4) is 10.4 Å². The van der Waals surface area contributed by atoms with E-state index in [2.05, 4.69) is 33.0 Å². The topological polar surface area (TPSA) is 102 Å². The molecule has 3 aromatic rings. The number of nitrogens with one attached hydrogen (secondary N) is 2. The van der Waals surface area contributed by atoms with Crippen molar-refractivity contribution in [2.45, 2.75) is 80.6 Å². The van der Waals surface area contributed by atoms with Gasteiger partial charge in [0, 0.05) is 39.6 Å². The van der Waals surface area contributed by atoms with Gasteiger partial charge < -0.3 is 19.8 Å². The number of anilines is 2. The van der Waals surface area contributed by atoms with E-state index in [-0.39, 0.29) is 18.2 Å². The predicted molar refractivity (Wildman–Crippen MR) is 134 cm³/mol. The minimum absolute atomic E-state index is 0.100. The van der Waals surface area contributed by atoms with Crippen LogP contribution in [0.2, 0.25) is 0 Å². The zero-order chi connectivity index (χ0) is 23.5. The Bertz CT molecular complexity index is 1110. The summed E-state index contributed by atoms with van der Waals surface area (Å²) < 4.78 is 10.4.